The molecule has 2 aromatic heterocycles. The lowest BCUT2D eigenvalue weighted by atomic mass is 10.3. The van der Waals surface area contributed by atoms with Crippen LogP contribution in [-0.4, -0.2) is 20.4 Å². The van der Waals surface area contributed by atoms with E-state index < -0.39 is 0 Å². The minimum Gasteiger partial charge on any atom is -0.330 e. The van der Waals surface area contributed by atoms with Crippen molar-refractivity contribution < 1.29 is 4.79 Å². The molecule has 0 fully saturated rings. The first kappa shape index (κ1) is 11.3. The maximum atomic E-state index is 11.8. The minimum absolute atomic E-state index is 0.238. The molecule has 0 atom stereocenters. The van der Waals surface area contributed by atoms with Crippen LogP contribution in [0.25, 0.3) is 0 Å². The zero-order valence-corrected chi connectivity index (χ0v) is 9.42. The molecule has 6 nitrogen and oxygen atoms in total. The van der Waals surface area contributed by atoms with Gasteiger partial charge in [-0.2, -0.15) is 0 Å². The number of carbonyl (C=O) groups is 1. The predicted octanol–water partition coefficient (Wildman–Crippen LogP) is 0.526. The van der Waals surface area contributed by atoms with Gasteiger partial charge in [0.2, 0.25) is 0 Å². The second kappa shape index (κ2) is 4.75. The van der Waals surface area contributed by atoms with Gasteiger partial charge in [-0.05, 0) is 11.6 Å². The molecular weight excluding hydrogens is 218 g/mol. The number of hydrogen-bond donors (Lipinski definition) is 2. The van der Waals surface area contributed by atoms with Crippen molar-refractivity contribution in [2.24, 2.45) is 12.8 Å². The van der Waals surface area contributed by atoms with Crippen LogP contribution in [0.5, 0.6) is 0 Å². The third-order valence-electron chi connectivity index (χ3n) is 2.35. The molecule has 0 aliphatic heterocycles. The number of amides is 1. The van der Waals surface area contributed by atoms with E-state index in [-0.39, 0.29) is 5.91 Å². The Bertz CT molecular complexity index is 517. The van der Waals surface area contributed by atoms with Crippen molar-refractivity contribution in [1.29, 1.82) is 0 Å². The summed E-state index contributed by atoms with van der Waals surface area (Å²) in [6, 6.07) is 3.54. The van der Waals surface area contributed by atoms with Crippen molar-refractivity contribution in [2.45, 2.75) is 6.54 Å². The van der Waals surface area contributed by atoms with Gasteiger partial charge in [-0.3, -0.25) is 4.79 Å². The average molecular weight is 231 g/mol. The molecule has 2 heterocycles. The number of pyridine rings is 1. The van der Waals surface area contributed by atoms with E-state index in [2.05, 4.69) is 15.3 Å². The van der Waals surface area contributed by atoms with Gasteiger partial charge >= 0.3 is 0 Å². The Morgan fingerprint density at radius 1 is 1.47 bits per heavy atom. The summed E-state index contributed by atoms with van der Waals surface area (Å²) in [5, 5.41) is 2.68. The van der Waals surface area contributed by atoms with Gasteiger partial charge in [-0.15, -0.1) is 0 Å². The van der Waals surface area contributed by atoms with Crippen molar-refractivity contribution in [3.05, 3.63) is 42.1 Å². The first-order valence-corrected chi connectivity index (χ1v) is 5.13. The van der Waals surface area contributed by atoms with Gasteiger partial charge in [0.15, 0.2) is 0 Å². The van der Waals surface area contributed by atoms with Crippen molar-refractivity contribution >= 4 is 11.7 Å². The Hall–Kier alpha value is -2.21. The molecule has 3 N–H and O–H groups in total. The fraction of sp³-hybridized carbons (Fsp3) is 0.182. The van der Waals surface area contributed by atoms with E-state index in [1.807, 2.05) is 6.07 Å². The monoisotopic (exact) mass is 231 g/mol. The molecule has 2 rings (SSSR count). The highest BCUT2D eigenvalue weighted by molar-refractivity contribution is 6.02. The number of nitrogens with two attached hydrogens (primary N) is 1. The topological polar surface area (TPSA) is 85.8 Å². The van der Waals surface area contributed by atoms with E-state index in [0.717, 1.165) is 5.56 Å². The van der Waals surface area contributed by atoms with E-state index in [4.69, 9.17) is 5.73 Å². The average Bonchev–Trinajstić information content (AvgIpc) is 2.76. The SMILES string of the molecule is Cn1cncc1C(=O)Nc1ccc(CN)cn1. The Balaban J connectivity index is 2.10. The number of anilines is 1. The molecule has 0 saturated carbocycles. The summed E-state index contributed by atoms with van der Waals surface area (Å²) in [4.78, 5) is 19.8. The number of nitrogens with zero attached hydrogens (tertiary/aromatic N) is 3. The Labute approximate surface area is 98.5 Å². The number of nitrogens with one attached hydrogen (secondary N) is 1. The van der Waals surface area contributed by atoms with Gasteiger partial charge in [-0.1, -0.05) is 6.07 Å². The Kier molecular flexibility index (Phi) is 3.15. The fourth-order valence-corrected chi connectivity index (χ4v) is 1.38. The summed E-state index contributed by atoms with van der Waals surface area (Å²) in [5.74, 6) is 0.256. The Morgan fingerprint density at radius 3 is 2.82 bits per heavy atom. The van der Waals surface area contributed by atoms with E-state index in [1.165, 1.54) is 6.20 Å². The van der Waals surface area contributed by atoms with Crippen LogP contribution in [-0.2, 0) is 13.6 Å². The van der Waals surface area contributed by atoms with Gasteiger partial charge in [0.1, 0.15) is 11.5 Å². The van der Waals surface area contributed by atoms with E-state index >= 15 is 0 Å². The van der Waals surface area contributed by atoms with E-state index in [0.29, 0.717) is 18.1 Å². The molecule has 6 heteroatoms. The van der Waals surface area contributed by atoms with Crippen molar-refractivity contribution in [3.63, 3.8) is 0 Å². The lowest BCUT2D eigenvalue weighted by molar-refractivity contribution is 0.101. The molecular formula is C11H13N5O. The van der Waals surface area contributed by atoms with Gasteiger partial charge < -0.3 is 15.6 Å². The zero-order valence-electron chi connectivity index (χ0n) is 9.42. The highest BCUT2D eigenvalue weighted by Gasteiger charge is 2.10. The number of imidazole rings is 1. The zero-order chi connectivity index (χ0) is 12.3. The van der Waals surface area contributed by atoms with Crippen LogP contribution >= 0.6 is 0 Å². The first-order valence-electron chi connectivity index (χ1n) is 5.13. The molecule has 1 amide bonds. The van der Waals surface area contributed by atoms with Crippen LogP contribution in [0.1, 0.15) is 16.1 Å². The summed E-state index contributed by atoms with van der Waals surface area (Å²) in [7, 11) is 1.76. The number of carbonyl (C=O) groups excluding carboxylic acids is 1. The molecule has 88 valence electrons. The third kappa shape index (κ3) is 2.48. The van der Waals surface area contributed by atoms with Gasteiger partial charge in [-0.25, -0.2) is 9.97 Å². The lowest BCUT2D eigenvalue weighted by Gasteiger charge is -2.05. The molecule has 17 heavy (non-hydrogen) atoms. The van der Waals surface area contributed by atoms with Crippen LogP contribution in [0.3, 0.4) is 0 Å². The standard InChI is InChI=1S/C11H13N5O/c1-16-7-13-6-9(16)11(17)15-10-3-2-8(4-12)5-14-10/h2-3,5-7H,4,12H2,1H3,(H,14,15,17). The predicted molar refractivity (Wildman–Crippen MR) is 63.3 cm³/mol. The second-order valence-corrected chi connectivity index (χ2v) is 3.60. The van der Waals surface area contributed by atoms with Gasteiger partial charge in [0.05, 0.1) is 12.5 Å². The molecule has 0 unspecified atom stereocenters. The third-order valence-corrected chi connectivity index (χ3v) is 2.35. The van der Waals surface area contributed by atoms with Crippen LogP contribution in [0.2, 0.25) is 0 Å². The van der Waals surface area contributed by atoms with Gasteiger partial charge in [0.25, 0.3) is 5.91 Å². The van der Waals surface area contributed by atoms with Crippen molar-refractivity contribution in [2.75, 3.05) is 5.32 Å². The smallest absolute Gasteiger partial charge is 0.275 e. The number of aromatic nitrogens is 3. The van der Waals surface area contributed by atoms with Crippen molar-refractivity contribution in [1.82, 2.24) is 14.5 Å². The van der Waals surface area contributed by atoms with Crippen LogP contribution < -0.4 is 11.1 Å². The highest BCUT2D eigenvalue weighted by Crippen LogP contribution is 2.06. The first-order chi connectivity index (χ1) is 8.20. The van der Waals surface area contributed by atoms with E-state index in [1.54, 1.807) is 30.2 Å². The summed E-state index contributed by atoms with van der Waals surface area (Å²) >= 11 is 0. The minimum atomic E-state index is -0.238. The molecule has 0 bridgehead atoms. The summed E-state index contributed by atoms with van der Waals surface area (Å²) < 4.78 is 1.64. The molecule has 0 aliphatic rings. The fourth-order valence-electron chi connectivity index (χ4n) is 1.38. The molecule has 0 aromatic carbocycles. The van der Waals surface area contributed by atoms with Gasteiger partial charge in [0, 0.05) is 19.8 Å². The van der Waals surface area contributed by atoms with E-state index in [9.17, 15) is 4.79 Å². The molecule has 0 spiro atoms. The number of rotatable bonds is 3. The second-order valence-electron chi connectivity index (χ2n) is 3.60. The number of hydrogen-bond acceptors (Lipinski definition) is 4. The van der Waals surface area contributed by atoms with Crippen LogP contribution in [0, 0.1) is 0 Å². The Morgan fingerprint density at radius 2 is 2.29 bits per heavy atom. The largest absolute Gasteiger partial charge is 0.330 e. The molecule has 0 saturated heterocycles. The van der Waals surface area contributed by atoms with Crippen molar-refractivity contribution in [3.8, 4) is 0 Å². The summed E-state index contributed by atoms with van der Waals surface area (Å²) in [5.41, 5.74) is 6.86. The normalized spacial score (nSPS) is 10.2. The highest BCUT2D eigenvalue weighted by atomic mass is 16.2. The molecule has 0 aliphatic carbocycles. The summed E-state index contributed by atoms with van der Waals surface area (Å²) in [6.07, 6.45) is 4.71. The van der Waals surface area contributed by atoms with Crippen LogP contribution in [0.4, 0.5) is 5.82 Å². The lowest BCUT2D eigenvalue weighted by Crippen LogP contribution is -2.16. The van der Waals surface area contributed by atoms with Crippen LogP contribution in [0.15, 0.2) is 30.9 Å². The quantitative estimate of drug-likeness (QED) is 0.806. The molecule has 0 radical (unpaired) electrons. The maximum Gasteiger partial charge on any atom is 0.275 e. The maximum absolute atomic E-state index is 11.8. The molecule has 2 aromatic rings. The summed E-state index contributed by atoms with van der Waals surface area (Å²) in [6.45, 7) is 0.433. The number of aryl methyl sites for hydroxylation is 1.